The first-order chi connectivity index (χ1) is 12.1. The number of anilines is 1. The minimum atomic E-state index is -1.30. The van der Waals surface area contributed by atoms with E-state index in [-0.39, 0.29) is 0 Å². The Morgan fingerprint density at radius 1 is 1.24 bits per heavy atom. The molecule has 128 valence electrons. The third-order valence-corrected chi connectivity index (χ3v) is 3.66. The van der Waals surface area contributed by atoms with Crippen molar-refractivity contribution in [1.29, 1.82) is 0 Å². The van der Waals surface area contributed by atoms with Crippen molar-refractivity contribution in [1.82, 2.24) is 4.98 Å². The average Bonchev–Trinajstić information content (AvgIpc) is 3.08. The summed E-state index contributed by atoms with van der Waals surface area (Å²) < 4.78 is 10.6. The molecule has 2 N–H and O–H groups in total. The molecule has 1 heterocycles. The summed E-state index contributed by atoms with van der Waals surface area (Å²) in [6, 6.07) is 13.8. The van der Waals surface area contributed by atoms with E-state index in [0.29, 0.717) is 28.7 Å². The van der Waals surface area contributed by atoms with E-state index in [1.807, 2.05) is 13.0 Å². The number of aliphatic hydroxyl groups is 1. The fourth-order valence-corrected chi connectivity index (χ4v) is 2.39. The number of aryl methyl sites for hydroxylation is 1. The molecule has 1 amide bonds. The van der Waals surface area contributed by atoms with Gasteiger partial charge in [0.2, 0.25) is 5.89 Å². The Labute approximate surface area is 145 Å². The van der Waals surface area contributed by atoms with E-state index in [1.54, 1.807) is 48.7 Å². The van der Waals surface area contributed by atoms with E-state index in [9.17, 15) is 9.90 Å². The lowest BCUT2D eigenvalue weighted by Gasteiger charge is -2.13. The summed E-state index contributed by atoms with van der Waals surface area (Å²) >= 11 is 0. The number of ether oxygens (including phenoxy) is 1. The van der Waals surface area contributed by atoms with Crippen LogP contribution in [0.25, 0.3) is 11.5 Å². The number of nitrogens with one attached hydrogen (secondary N) is 1. The average molecular weight is 338 g/mol. The van der Waals surface area contributed by atoms with Crippen LogP contribution in [0.2, 0.25) is 0 Å². The van der Waals surface area contributed by atoms with Crippen molar-refractivity contribution in [2.75, 3.05) is 12.4 Å². The van der Waals surface area contributed by atoms with Crippen LogP contribution in [0.4, 0.5) is 5.69 Å². The molecule has 1 aromatic heterocycles. The molecule has 0 aliphatic carbocycles. The summed E-state index contributed by atoms with van der Waals surface area (Å²) in [4.78, 5) is 16.5. The maximum atomic E-state index is 12.3. The van der Waals surface area contributed by atoms with Gasteiger partial charge >= 0.3 is 0 Å². The number of amides is 1. The predicted molar refractivity (Wildman–Crippen MR) is 93.3 cm³/mol. The molecule has 6 nitrogen and oxygen atoms in total. The normalized spacial score (nSPS) is 11.8. The minimum absolute atomic E-state index is 0.455. The molecule has 6 heteroatoms. The maximum Gasteiger partial charge on any atom is 0.257 e. The Balaban J connectivity index is 1.76. The van der Waals surface area contributed by atoms with E-state index in [0.717, 1.165) is 5.56 Å². The van der Waals surface area contributed by atoms with Crippen molar-refractivity contribution in [3.63, 3.8) is 0 Å². The number of carbonyl (C=O) groups is 1. The molecule has 0 spiro atoms. The molecule has 0 fully saturated rings. The molecule has 0 saturated heterocycles. The molecule has 3 aromatic rings. The largest absolute Gasteiger partial charge is 0.497 e. The van der Waals surface area contributed by atoms with Crippen LogP contribution >= 0.6 is 0 Å². The van der Waals surface area contributed by atoms with E-state index in [1.165, 1.54) is 7.11 Å². The maximum absolute atomic E-state index is 12.3. The number of nitrogens with zero attached hydrogens (tertiary/aromatic N) is 1. The second-order valence-electron chi connectivity index (χ2n) is 5.53. The molecule has 1 unspecified atom stereocenters. The minimum Gasteiger partial charge on any atom is -0.497 e. The number of hydrogen-bond acceptors (Lipinski definition) is 5. The lowest BCUT2D eigenvalue weighted by Crippen LogP contribution is -2.20. The van der Waals surface area contributed by atoms with Crippen LogP contribution in [-0.2, 0) is 4.79 Å². The van der Waals surface area contributed by atoms with Crippen LogP contribution in [0.1, 0.15) is 17.4 Å². The fourth-order valence-electron chi connectivity index (χ4n) is 2.39. The van der Waals surface area contributed by atoms with Gasteiger partial charge in [-0.05, 0) is 42.8 Å². The van der Waals surface area contributed by atoms with Crippen molar-refractivity contribution >= 4 is 11.6 Å². The van der Waals surface area contributed by atoms with Crippen molar-refractivity contribution in [3.05, 3.63) is 66.1 Å². The summed E-state index contributed by atoms with van der Waals surface area (Å²) in [5.74, 6) is 1.22. The zero-order chi connectivity index (χ0) is 17.8. The van der Waals surface area contributed by atoms with E-state index in [2.05, 4.69) is 10.3 Å². The Bertz CT molecular complexity index is 888. The zero-order valence-electron chi connectivity index (χ0n) is 13.9. The fraction of sp³-hybridized carbons (Fsp3) is 0.158. The Hall–Kier alpha value is -3.12. The van der Waals surface area contributed by atoms with Crippen molar-refractivity contribution in [2.24, 2.45) is 0 Å². The lowest BCUT2D eigenvalue weighted by atomic mass is 10.1. The van der Waals surface area contributed by atoms with Crippen LogP contribution in [0.5, 0.6) is 5.75 Å². The molecule has 0 aliphatic heterocycles. The van der Waals surface area contributed by atoms with Crippen LogP contribution in [0, 0.1) is 6.92 Å². The summed E-state index contributed by atoms with van der Waals surface area (Å²) in [5, 5.41) is 13.0. The van der Waals surface area contributed by atoms with Gasteiger partial charge in [0.25, 0.3) is 5.91 Å². The molecule has 25 heavy (non-hydrogen) atoms. The molecule has 0 saturated carbocycles. The van der Waals surface area contributed by atoms with Crippen LogP contribution < -0.4 is 10.1 Å². The molecule has 2 aromatic carbocycles. The second kappa shape index (κ2) is 7.19. The first-order valence-electron chi connectivity index (χ1n) is 7.72. The number of rotatable bonds is 5. The van der Waals surface area contributed by atoms with Gasteiger partial charge in [-0.15, -0.1) is 0 Å². The van der Waals surface area contributed by atoms with Crippen molar-refractivity contribution in [3.8, 4) is 17.2 Å². The van der Waals surface area contributed by atoms with Gasteiger partial charge < -0.3 is 19.6 Å². The van der Waals surface area contributed by atoms with Crippen LogP contribution in [-0.4, -0.2) is 23.1 Å². The Kier molecular flexibility index (Phi) is 4.81. The molecule has 0 aliphatic rings. The van der Waals surface area contributed by atoms with Gasteiger partial charge in [-0.2, -0.15) is 0 Å². The predicted octanol–water partition coefficient (Wildman–Crippen LogP) is 3.33. The van der Waals surface area contributed by atoms with Gasteiger partial charge in [0.05, 0.1) is 13.3 Å². The van der Waals surface area contributed by atoms with Gasteiger partial charge in [-0.25, -0.2) is 4.98 Å². The monoisotopic (exact) mass is 338 g/mol. The van der Waals surface area contributed by atoms with Gasteiger partial charge in [0.1, 0.15) is 11.5 Å². The smallest absolute Gasteiger partial charge is 0.257 e. The number of aromatic nitrogens is 1. The summed E-state index contributed by atoms with van der Waals surface area (Å²) in [7, 11) is 1.53. The Morgan fingerprint density at radius 3 is 2.76 bits per heavy atom. The number of benzene rings is 2. The summed E-state index contributed by atoms with van der Waals surface area (Å²) in [6.45, 7) is 1.81. The zero-order valence-corrected chi connectivity index (χ0v) is 13.9. The van der Waals surface area contributed by atoms with Gasteiger partial charge in [-0.3, -0.25) is 4.79 Å². The number of aliphatic hydroxyl groups excluding tert-OH is 1. The molecule has 0 bridgehead atoms. The summed E-state index contributed by atoms with van der Waals surface area (Å²) in [5.41, 5.74) is 1.73. The molecule has 1 atom stereocenters. The quantitative estimate of drug-likeness (QED) is 0.745. The van der Waals surface area contributed by atoms with E-state index in [4.69, 9.17) is 9.15 Å². The van der Waals surface area contributed by atoms with Crippen molar-refractivity contribution < 1.29 is 19.1 Å². The van der Waals surface area contributed by atoms with Crippen LogP contribution in [0.3, 0.4) is 0 Å². The van der Waals surface area contributed by atoms with Crippen LogP contribution in [0.15, 0.2) is 59.1 Å². The Morgan fingerprint density at radius 2 is 2.04 bits per heavy atom. The number of oxazole rings is 1. The third-order valence-electron chi connectivity index (χ3n) is 3.66. The second-order valence-corrected chi connectivity index (χ2v) is 5.53. The first-order valence-corrected chi connectivity index (χ1v) is 7.72. The van der Waals surface area contributed by atoms with Crippen molar-refractivity contribution in [2.45, 2.75) is 13.0 Å². The highest BCUT2D eigenvalue weighted by Gasteiger charge is 2.18. The van der Waals surface area contributed by atoms with Gasteiger partial charge in [-0.1, -0.05) is 18.2 Å². The van der Waals surface area contributed by atoms with E-state index < -0.39 is 12.0 Å². The highest BCUT2D eigenvalue weighted by molar-refractivity contribution is 5.95. The molecular formula is C19H18N2O4. The standard InChI is InChI=1S/C19H18N2O4/c1-12-11-20-19(25-12)14-6-3-7-15(9-14)21-18(23)17(22)13-5-4-8-16(10-13)24-2/h3-11,17,22H,1-2H3,(H,21,23). The first kappa shape index (κ1) is 16.7. The van der Waals surface area contributed by atoms with Gasteiger partial charge in [0.15, 0.2) is 6.10 Å². The highest BCUT2D eigenvalue weighted by Crippen LogP contribution is 2.24. The third kappa shape index (κ3) is 3.87. The molecule has 0 radical (unpaired) electrons. The number of hydrogen-bond donors (Lipinski definition) is 2. The topological polar surface area (TPSA) is 84.6 Å². The number of methoxy groups -OCH3 is 1. The molecule has 3 rings (SSSR count). The summed E-state index contributed by atoms with van der Waals surface area (Å²) in [6.07, 6.45) is 0.329. The highest BCUT2D eigenvalue weighted by atomic mass is 16.5. The molecular weight excluding hydrogens is 320 g/mol. The van der Waals surface area contributed by atoms with E-state index >= 15 is 0 Å². The van der Waals surface area contributed by atoms with Gasteiger partial charge in [0, 0.05) is 11.3 Å². The number of carbonyl (C=O) groups excluding carboxylic acids is 1. The SMILES string of the molecule is COc1cccc(C(O)C(=O)Nc2cccc(-c3ncc(C)o3)c2)c1. The lowest BCUT2D eigenvalue weighted by molar-refractivity contribution is -0.124.